The van der Waals surface area contributed by atoms with Crippen molar-refractivity contribution in [3.05, 3.63) is 0 Å². The molecule has 2 rings (SSSR count). The number of ketones is 1. The largest absolute Gasteiger partial charge is 0.385 e. The van der Waals surface area contributed by atoms with E-state index in [0.29, 0.717) is 31.0 Å². The van der Waals surface area contributed by atoms with Crippen molar-refractivity contribution in [3.8, 4) is 0 Å². The van der Waals surface area contributed by atoms with Gasteiger partial charge in [-0.25, -0.2) is 0 Å². The van der Waals surface area contributed by atoms with Crippen LogP contribution in [-0.4, -0.2) is 31.7 Å². The standard InChI is InChI=1S/C12H20O3/c1-14-6-2-3-12(13)9-7-10-4-5-11(8-9)15-10/h9-11H,2-8H2,1H3. The molecule has 86 valence electrons. The Morgan fingerprint density at radius 2 is 2.00 bits per heavy atom. The van der Waals surface area contributed by atoms with E-state index in [1.807, 2.05) is 0 Å². The second-order valence-electron chi connectivity index (χ2n) is 4.69. The van der Waals surface area contributed by atoms with Gasteiger partial charge in [0.2, 0.25) is 0 Å². The molecule has 2 aliphatic rings. The van der Waals surface area contributed by atoms with Crippen LogP contribution in [-0.2, 0) is 14.3 Å². The Hall–Kier alpha value is -0.410. The van der Waals surface area contributed by atoms with E-state index in [1.54, 1.807) is 7.11 Å². The van der Waals surface area contributed by atoms with Gasteiger partial charge < -0.3 is 9.47 Å². The Labute approximate surface area is 91.1 Å². The first-order chi connectivity index (χ1) is 7.29. The molecule has 2 aliphatic heterocycles. The maximum atomic E-state index is 11.9. The van der Waals surface area contributed by atoms with E-state index < -0.39 is 0 Å². The normalized spacial score (nSPS) is 34.3. The fourth-order valence-electron chi connectivity index (χ4n) is 2.72. The molecule has 0 aliphatic carbocycles. The number of methoxy groups -OCH3 is 1. The molecular formula is C12H20O3. The van der Waals surface area contributed by atoms with Crippen molar-refractivity contribution in [2.24, 2.45) is 5.92 Å². The molecule has 0 aromatic heterocycles. The lowest BCUT2D eigenvalue weighted by Crippen LogP contribution is -2.30. The van der Waals surface area contributed by atoms with E-state index in [9.17, 15) is 4.79 Å². The highest BCUT2D eigenvalue weighted by atomic mass is 16.5. The Morgan fingerprint density at radius 3 is 2.60 bits per heavy atom. The van der Waals surface area contributed by atoms with E-state index >= 15 is 0 Å². The number of hydrogen-bond acceptors (Lipinski definition) is 3. The molecule has 2 fully saturated rings. The van der Waals surface area contributed by atoms with E-state index in [2.05, 4.69) is 0 Å². The number of rotatable bonds is 5. The minimum atomic E-state index is 0.271. The fraction of sp³-hybridized carbons (Fsp3) is 0.917. The van der Waals surface area contributed by atoms with Crippen molar-refractivity contribution in [2.45, 2.75) is 50.7 Å². The van der Waals surface area contributed by atoms with E-state index in [1.165, 1.54) is 0 Å². The maximum Gasteiger partial charge on any atom is 0.136 e. The molecule has 2 heterocycles. The summed E-state index contributed by atoms with van der Waals surface area (Å²) in [6.45, 7) is 0.696. The maximum absolute atomic E-state index is 11.9. The van der Waals surface area contributed by atoms with Crippen LogP contribution in [0.1, 0.15) is 38.5 Å². The molecule has 0 amide bonds. The van der Waals surface area contributed by atoms with Crippen molar-refractivity contribution in [1.29, 1.82) is 0 Å². The molecule has 15 heavy (non-hydrogen) atoms. The Morgan fingerprint density at radius 1 is 1.33 bits per heavy atom. The summed E-state index contributed by atoms with van der Waals surface area (Å²) in [6, 6.07) is 0. The van der Waals surface area contributed by atoms with Gasteiger partial charge in [-0.1, -0.05) is 0 Å². The van der Waals surface area contributed by atoms with Crippen LogP contribution in [0.2, 0.25) is 0 Å². The average Bonchev–Trinajstić information content (AvgIpc) is 2.58. The summed E-state index contributed by atoms with van der Waals surface area (Å²) in [7, 11) is 1.68. The lowest BCUT2D eigenvalue weighted by molar-refractivity contribution is -0.128. The predicted molar refractivity (Wildman–Crippen MR) is 56.7 cm³/mol. The van der Waals surface area contributed by atoms with Gasteiger partial charge in [-0.2, -0.15) is 0 Å². The van der Waals surface area contributed by atoms with Crippen LogP contribution in [0.4, 0.5) is 0 Å². The first-order valence-corrected chi connectivity index (χ1v) is 5.96. The van der Waals surface area contributed by atoms with Gasteiger partial charge in [0.25, 0.3) is 0 Å². The summed E-state index contributed by atoms with van der Waals surface area (Å²) in [6.07, 6.45) is 6.53. The van der Waals surface area contributed by atoms with Gasteiger partial charge in [0, 0.05) is 26.1 Å². The Balaban J connectivity index is 1.76. The van der Waals surface area contributed by atoms with Crippen LogP contribution in [0.3, 0.4) is 0 Å². The molecule has 3 heteroatoms. The number of fused-ring (bicyclic) bond motifs is 2. The molecule has 2 bridgehead atoms. The van der Waals surface area contributed by atoms with Crippen LogP contribution in [0.5, 0.6) is 0 Å². The minimum absolute atomic E-state index is 0.271. The topological polar surface area (TPSA) is 35.5 Å². The first-order valence-electron chi connectivity index (χ1n) is 5.96. The van der Waals surface area contributed by atoms with Crippen LogP contribution in [0.15, 0.2) is 0 Å². The quantitative estimate of drug-likeness (QED) is 0.653. The smallest absolute Gasteiger partial charge is 0.136 e. The van der Waals surface area contributed by atoms with Crippen LogP contribution >= 0.6 is 0 Å². The van der Waals surface area contributed by atoms with Crippen molar-refractivity contribution >= 4 is 5.78 Å². The summed E-state index contributed by atoms with van der Waals surface area (Å²) in [5.74, 6) is 0.695. The molecule has 0 saturated carbocycles. The third kappa shape index (κ3) is 2.79. The van der Waals surface area contributed by atoms with Gasteiger partial charge in [-0.15, -0.1) is 0 Å². The van der Waals surface area contributed by atoms with Crippen molar-refractivity contribution in [2.75, 3.05) is 13.7 Å². The Bertz CT molecular complexity index is 215. The first kappa shape index (κ1) is 11.1. The minimum Gasteiger partial charge on any atom is -0.385 e. The predicted octanol–water partition coefficient (Wildman–Crippen LogP) is 1.94. The van der Waals surface area contributed by atoms with Gasteiger partial charge >= 0.3 is 0 Å². The number of carbonyl (C=O) groups is 1. The third-order valence-corrected chi connectivity index (χ3v) is 3.52. The summed E-state index contributed by atoms with van der Waals surface area (Å²) in [5, 5.41) is 0. The van der Waals surface area contributed by atoms with Gasteiger partial charge in [0.1, 0.15) is 5.78 Å². The fourth-order valence-corrected chi connectivity index (χ4v) is 2.72. The number of ether oxygens (including phenoxy) is 2. The lowest BCUT2D eigenvalue weighted by atomic mass is 9.89. The summed E-state index contributed by atoms with van der Waals surface area (Å²) >= 11 is 0. The molecule has 0 radical (unpaired) electrons. The highest BCUT2D eigenvalue weighted by Crippen LogP contribution is 2.36. The van der Waals surface area contributed by atoms with E-state index in [-0.39, 0.29) is 5.92 Å². The molecule has 2 unspecified atom stereocenters. The molecule has 0 spiro atoms. The van der Waals surface area contributed by atoms with Gasteiger partial charge in [0.05, 0.1) is 12.2 Å². The third-order valence-electron chi connectivity index (χ3n) is 3.52. The zero-order valence-electron chi connectivity index (χ0n) is 9.41. The average molecular weight is 212 g/mol. The van der Waals surface area contributed by atoms with Gasteiger partial charge in [-0.05, 0) is 32.1 Å². The second kappa shape index (κ2) is 5.08. The van der Waals surface area contributed by atoms with E-state index in [4.69, 9.17) is 9.47 Å². The monoisotopic (exact) mass is 212 g/mol. The molecule has 0 N–H and O–H groups in total. The van der Waals surface area contributed by atoms with Crippen molar-refractivity contribution < 1.29 is 14.3 Å². The highest BCUT2D eigenvalue weighted by molar-refractivity contribution is 5.81. The van der Waals surface area contributed by atoms with Gasteiger partial charge in [-0.3, -0.25) is 4.79 Å². The van der Waals surface area contributed by atoms with E-state index in [0.717, 1.165) is 32.1 Å². The number of Topliss-reactive ketones (excluding diaryl/α,β-unsaturated/α-hetero) is 1. The van der Waals surface area contributed by atoms with Gasteiger partial charge in [0.15, 0.2) is 0 Å². The highest BCUT2D eigenvalue weighted by Gasteiger charge is 2.37. The van der Waals surface area contributed by atoms with Crippen LogP contribution in [0, 0.1) is 5.92 Å². The molecule has 0 aromatic rings. The summed E-state index contributed by atoms with van der Waals surface area (Å²) < 4.78 is 10.7. The van der Waals surface area contributed by atoms with Crippen LogP contribution in [0.25, 0.3) is 0 Å². The summed E-state index contributed by atoms with van der Waals surface area (Å²) in [5.41, 5.74) is 0. The Kier molecular flexibility index (Phi) is 3.76. The molecule has 3 nitrogen and oxygen atoms in total. The molecular weight excluding hydrogens is 192 g/mol. The molecule has 0 aromatic carbocycles. The van der Waals surface area contributed by atoms with Crippen LogP contribution < -0.4 is 0 Å². The summed E-state index contributed by atoms with van der Waals surface area (Å²) in [4.78, 5) is 11.9. The lowest BCUT2D eigenvalue weighted by Gasteiger charge is -2.27. The van der Waals surface area contributed by atoms with Crippen molar-refractivity contribution in [3.63, 3.8) is 0 Å². The second-order valence-corrected chi connectivity index (χ2v) is 4.69. The number of carbonyl (C=O) groups excluding carboxylic acids is 1. The van der Waals surface area contributed by atoms with Crippen molar-refractivity contribution in [1.82, 2.24) is 0 Å². The molecule has 2 atom stereocenters. The SMILES string of the molecule is COCCCC(=O)C1CC2CCC(C1)O2. The number of hydrogen-bond donors (Lipinski definition) is 0. The zero-order chi connectivity index (χ0) is 10.7. The zero-order valence-corrected chi connectivity index (χ0v) is 9.41. The molecule has 2 saturated heterocycles.